The lowest BCUT2D eigenvalue weighted by molar-refractivity contribution is 0.640. The molecular weight excluding hydrogens is 150 g/mol. The third kappa shape index (κ3) is 2.22. The number of aromatic nitrogens is 1. The minimum Gasteiger partial charge on any atom is -0.318 e. The van der Waals surface area contributed by atoms with Crippen molar-refractivity contribution >= 4 is 0 Å². The Bertz CT molecular complexity index is 312. The van der Waals surface area contributed by atoms with Crippen molar-refractivity contribution in [1.29, 1.82) is 0 Å². The topological polar surface area (TPSA) is 22.0 Å². The standard InChI is InChI=1S/C10H15NO/c1-8(2)6-9-4-5-10(12)11(3)7-9/h4-5,7-8H,6H2,1-3H3. The zero-order valence-electron chi connectivity index (χ0n) is 7.87. The Morgan fingerprint density at radius 3 is 2.58 bits per heavy atom. The molecule has 0 saturated carbocycles. The maximum Gasteiger partial charge on any atom is 0.250 e. The largest absolute Gasteiger partial charge is 0.318 e. The molecule has 1 aromatic heterocycles. The zero-order chi connectivity index (χ0) is 9.14. The Balaban J connectivity index is 2.90. The first kappa shape index (κ1) is 9.04. The van der Waals surface area contributed by atoms with E-state index in [1.165, 1.54) is 5.56 Å². The second-order valence-electron chi connectivity index (χ2n) is 3.58. The summed E-state index contributed by atoms with van der Waals surface area (Å²) in [4.78, 5) is 11.0. The molecule has 0 radical (unpaired) electrons. The van der Waals surface area contributed by atoms with Gasteiger partial charge in [-0.3, -0.25) is 4.79 Å². The van der Waals surface area contributed by atoms with E-state index < -0.39 is 0 Å². The van der Waals surface area contributed by atoms with E-state index in [1.54, 1.807) is 17.7 Å². The van der Waals surface area contributed by atoms with Crippen LogP contribution in [0.2, 0.25) is 0 Å². The van der Waals surface area contributed by atoms with E-state index in [1.807, 2.05) is 12.3 Å². The van der Waals surface area contributed by atoms with E-state index in [9.17, 15) is 4.79 Å². The van der Waals surface area contributed by atoms with Crippen LogP contribution in [0, 0.1) is 5.92 Å². The molecule has 0 N–H and O–H groups in total. The highest BCUT2D eigenvalue weighted by Crippen LogP contribution is 2.04. The zero-order valence-corrected chi connectivity index (χ0v) is 7.87. The van der Waals surface area contributed by atoms with E-state index in [2.05, 4.69) is 13.8 Å². The molecule has 0 aromatic carbocycles. The fourth-order valence-electron chi connectivity index (χ4n) is 1.24. The van der Waals surface area contributed by atoms with Crippen LogP contribution in [0.25, 0.3) is 0 Å². The van der Waals surface area contributed by atoms with Crippen LogP contribution in [0.1, 0.15) is 19.4 Å². The maximum atomic E-state index is 11.0. The predicted octanol–water partition coefficient (Wildman–Crippen LogP) is 1.58. The SMILES string of the molecule is CC(C)Cc1ccc(=O)n(C)c1. The second kappa shape index (κ2) is 3.57. The fraction of sp³-hybridized carbons (Fsp3) is 0.500. The van der Waals surface area contributed by atoms with Gasteiger partial charge in [0.15, 0.2) is 0 Å². The Morgan fingerprint density at radius 2 is 2.08 bits per heavy atom. The number of pyridine rings is 1. The smallest absolute Gasteiger partial charge is 0.250 e. The van der Waals surface area contributed by atoms with Crippen LogP contribution in [0.4, 0.5) is 0 Å². The number of aryl methyl sites for hydroxylation is 1. The molecule has 0 bridgehead atoms. The highest BCUT2D eigenvalue weighted by molar-refractivity contribution is 5.10. The Labute approximate surface area is 72.8 Å². The van der Waals surface area contributed by atoms with E-state index >= 15 is 0 Å². The van der Waals surface area contributed by atoms with Crippen LogP contribution in [-0.4, -0.2) is 4.57 Å². The Morgan fingerprint density at radius 1 is 1.42 bits per heavy atom. The van der Waals surface area contributed by atoms with Crippen molar-refractivity contribution in [2.45, 2.75) is 20.3 Å². The summed E-state index contributed by atoms with van der Waals surface area (Å²) in [7, 11) is 1.78. The molecule has 0 amide bonds. The average Bonchev–Trinajstić information content (AvgIpc) is 1.96. The summed E-state index contributed by atoms with van der Waals surface area (Å²) < 4.78 is 1.62. The van der Waals surface area contributed by atoms with Gasteiger partial charge in [0.1, 0.15) is 0 Å². The van der Waals surface area contributed by atoms with Gasteiger partial charge >= 0.3 is 0 Å². The van der Waals surface area contributed by atoms with Gasteiger partial charge in [0.2, 0.25) is 5.56 Å². The lowest BCUT2D eigenvalue weighted by atomic mass is 10.1. The first-order chi connectivity index (χ1) is 5.59. The molecule has 0 aliphatic carbocycles. The van der Waals surface area contributed by atoms with Crippen molar-refractivity contribution in [2.75, 3.05) is 0 Å². The number of nitrogens with zero attached hydrogens (tertiary/aromatic N) is 1. The Hall–Kier alpha value is -1.05. The van der Waals surface area contributed by atoms with Crippen LogP contribution in [0.15, 0.2) is 23.1 Å². The molecule has 0 aliphatic rings. The van der Waals surface area contributed by atoms with Crippen molar-refractivity contribution in [3.63, 3.8) is 0 Å². The summed E-state index contributed by atoms with van der Waals surface area (Å²) in [6.45, 7) is 4.34. The van der Waals surface area contributed by atoms with Gasteiger partial charge in [-0.15, -0.1) is 0 Å². The van der Waals surface area contributed by atoms with Crippen LogP contribution >= 0.6 is 0 Å². The van der Waals surface area contributed by atoms with Gasteiger partial charge in [-0.2, -0.15) is 0 Å². The highest BCUT2D eigenvalue weighted by Gasteiger charge is 1.98. The third-order valence-corrected chi connectivity index (χ3v) is 1.79. The molecule has 0 spiro atoms. The van der Waals surface area contributed by atoms with Crippen LogP contribution in [-0.2, 0) is 13.5 Å². The van der Waals surface area contributed by atoms with E-state index in [4.69, 9.17) is 0 Å². The summed E-state index contributed by atoms with van der Waals surface area (Å²) in [5.74, 6) is 0.641. The molecule has 2 nitrogen and oxygen atoms in total. The van der Waals surface area contributed by atoms with Crippen molar-refractivity contribution in [3.8, 4) is 0 Å². The molecule has 1 aromatic rings. The molecule has 12 heavy (non-hydrogen) atoms. The molecule has 0 atom stereocenters. The predicted molar refractivity (Wildman–Crippen MR) is 50.2 cm³/mol. The van der Waals surface area contributed by atoms with Crippen molar-refractivity contribution in [1.82, 2.24) is 4.57 Å². The molecule has 0 fully saturated rings. The molecule has 66 valence electrons. The molecule has 0 unspecified atom stereocenters. The molecular formula is C10H15NO. The van der Waals surface area contributed by atoms with E-state index in [0.29, 0.717) is 5.92 Å². The van der Waals surface area contributed by atoms with Crippen LogP contribution in [0.3, 0.4) is 0 Å². The molecule has 0 aliphatic heterocycles. The number of rotatable bonds is 2. The number of hydrogen-bond donors (Lipinski definition) is 0. The minimum atomic E-state index is 0.0579. The second-order valence-corrected chi connectivity index (χ2v) is 3.58. The quantitative estimate of drug-likeness (QED) is 0.652. The maximum absolute atomic E-state index is 11.0. The van der Waals surface area contributed by atoms with Gasteiger partial charge in [-0.05, 0) is 17.9 Å². The first-order valence-electron chi connectivity index (χ1n) is 4.25. The van der Waals surface area contributed by atoms with Crippen molar-refractivity contribution < 1.29 is 0 Å². The summed E-state index contributed by atoms with van der Waals surface area (Å²) in [6.07, 6.45) is 2.94. The lowest BCUT2D eigenvalue weighted by Gasteiger charge is -2.05. The van der Waals surface area contributed by atoms with Gasteiger partial charge < -0.3 is 4.57 Å². The molecule has 1 rings (SSSR count). The fourth-order valence-corrected chi connectivity index (χ4v) is 1.24. The minimum absolute atomic E-state index is 0.0579. The first-order valence-corrected chi connectivity index (χ1v) is 4.25. The van der Waals surface area contributed by atoms with Crippen molar-refractivity contribution in [2.24, 2.45) is 13.0 Å². The normalized spacial score (nSPS) is 10.7. The Kier molecular flexibility index (Phi) is 2.69. The van der Waals surface area contributed by atoms with Gasteiger partial charge in [0, 0.05) is 19.3 Å². The molecule has 2 heteroatoms. The van der Waals surface area contributed by atoms with Crippen LogP contribution in [0.5, 0.6) is 0 Å². The van der Waals surface area contributed by atoms with E-state index in [0.717, 1.165) is 6.42 Å². The third-order valence-electron chi connectivity index (χ3n) is 1.79. The summed E-state index contributed by atoms with van der Waals surface area (Å²) in [5.41, 5.74) is 1.29. The van der Waals surface area contributed by atoms with Gasteiger partial charge in [0.05, 0.1) is 0 Å². The number of hydrogen-bond acceptors (Lipinski definition) is 1. The van der Waals surface area contributed by atoms with Gasteiger partial charge in [-0.25, -0.2) is 0 Å². The monoisotopic (exact) mass is 165 g/mol. The van der Waals surface area contributed by atoms with Crippen molar-refractivity contribution in [3.05, 3.63) is 34.2 Å². The molecule has 0 saturated heterocycles. The highest BCUT2D eigenvalue weighted by atomic mass is 16.1. The van der Waals surface area contributed by atoms with E-state index in [-0.39, 0.29) is 5.56 Å². The van der Waals surface area contributed by atoms with Gasteiger partial charge in [0.25, 0.3) is 0 Å². The lowest BCUT2D eigenvalue weighted by Crippen LogP contribution is -2.15. The summed E-state index contributed by atoms with van der Waals surface area (Å²) in [6, 6.07) is 3.53. The summed E-state index contributed by atoms with van der Waals surface area (Å²) >= 11 is 0. The van der Waals surface area contributed by atoms with Crippen LogP contribution < -0.4 is 5.56 Å². The molecule has 1 heterocycles. The van der Waals surface area contributed by atoms with Gasteiger partial charge in [-0.1, -0.05) is 19.9 Å². The summed E-state index contributed by atoms with van der Waals surface area (Å²) in [5, 5.41) is 0. The average molecular weight is 165 g/mol.